The third-order valence-corrected chi connectivity index (χ3v) is 2.88. The van der Waals surface area contributed by atoms with Crippen LogP contribution >= 0.6 is 22.9 Å². The SMILES string of the molecule is CCC(=Cc1cc(Cl)cs1)CN. The molecule has 3 heteroatoms. The normalized spacial score (nSPS) is 12.1. The predicted molar refractivity (Wildman–Crippen MR) is 56.7 cm³/mol. The van der Waals surface area contributed by atoms with Gasteiger partial charge in [0.2, 0.25) is 0 Å². The summed E-state index contributed by atoms with van der Waals surface area (Å²) in [6.45, 7) is 2.74. The van der Waals surface area contributed by atoms with Gasteiger partial charge in [-0.25, -0.2) is 0 Å². The largest absolute Gasteiger partial charge is 0.327 e. The minimum absolute atomic E-state index is 0.631. The zero-order valence-electron chi connectivity index (χ0n) is 7.01. The molecule has 2 N–H and O–H groups in total. The Kier molecular flexibility index (Phi) is 3.79. The van der Waals surface area contributed by atoms with E-state index >= 15 is 0 Å². The highest BCUT2D eigenvalue weighted by molar-refractivity contribution is 7.11. The Morgan fingerprint density at radius 1 is 1.75 bits per heavy atom. The van der Waals surface area contributed by atoms with Gasteiger partial charge in [-0.15, -0.1) is 11.3 Å². The van der Waals surface area contributed by atoms with Gasteiger partial charge in [0, 0.05) is 16.8 Å². The Bertz CT molecular complexity index is 272. The molecule has 0 radical (unpaired) electrons. The first kappa shape index (κ1) is 9.78. The zero-order valence-corrected chi connectivity index (χ0v) is 8.58. The fraction of sp³-hybridized carbons (Fsp3) is 0.333. The minimum Gasteiger partial charge on any atom is -0.327 e. The molecule has 0 aromatic carbocycles. The predicted octanol–water partition coefficient (Wildman–Crippen LogP) is 3.15. The van der Waals surface area contributed by atoms with Crippen LogP contribution in [0.2, 0.25) is 5.02 Å². The number of hydrogen-bond acceptors (Lipinski definition) is 2. The van der Waals surface area contributed by atoms with Crippen molar-refractivity contribution in [1.29, 1.82) is 0 Å². The van der Waals surface area contributed by atoms with Gasteiger partial charge in [-0.3, -0.25) is 0 Å². The maximum Gasteiger partial charge on any atom is 0.0519 e. The summed E-state index contributed by atoms with van der Waals surface area (Å²) in [5, 5.41) is 2.73. The van der Waals surface area contributed by atoms with Gasteiger partial charge in [0.05, 0.1) is 5.02 Å². The van der Waals surface area contributed by atoms with E-state index in [0.29, 0.717) is 6.54 Å². The molecule has 1 rings (SSSR count). The third kappa shape index (κ3) is 2.63. The highest BCUT2D eigenvalue weighted by Gasteiger charge is 1.95. The van der Waals surface area contributed by atoms with E-state index in [0.717, 1.165) is 11.4 Å². The molecular formula is C9H12ClNS. The molecule has 66 valence electrons. The first-order valence-electron chi connectivity index (χ1n) is 3.89. The molecule has 0 fully saturated rings. The molecular weight excluding hydrogens is 190 g/mol. The van der Waals surface area contributed by atoms with Crippen molar-refractivity contribution in [1.82, 2.24) is 0 Å². The van der Waals surface area contributed by atoms with Crippen molar-refractivity contribution in [2.75, 3.05) is 6.54 Å². The molecule has 0 spiro atoms. The fourth-order valence-electron chi connectivity index (χ4n) is 0.910. The zero-order chi connectivity index (χ0) is 8.97. The molecule has 12 heavy (non-hydrogen) atoms. The minimum atomic E-state index is 0.631. The van der Waals surface area contributed by atoms with Crippen LogP contribution in [0.3, 0.4) is 0 Å². The lowest BCUT2D eigenvalue weighted by atomic mass is 10.2. The second-order valence-corrected chi connectivity index (χ2v) is 3.91. The second-order valence-electron chi connectivity index (χ2n) is 2.53. The van der Waals surface area contributed by atoms with E-state index in [4.69, 9.17) is 17.3 Å². The van der Waals surface area contributed by atoms with E-state index in [1.165, 1.54) is 10.5 Å². The molecule has 0 bridgehead atoms. The van der Waals surface area contributed by atoms with Gasteiger partial charge in [0.25, 0.3) is 0 Å². The van der Waals surface area contributed by atoms with Crippen molar-refractivity contribution in [3.05, 3.63) is 26.9 Å². The van der Waals surface area contributed by atoms with E-state index in [1.54, 1.807) is 11.3 Å². The molecule has 0 atom stereocenters. The molecule has 0 saturated heterocycles. The molecule has 1 aromatic rings. The molecule has 1 aromatic heterocycles. The van der Waals surface area contributed by atoms with Crippen molar-refractivity contribution >= 4 is 29.0 Å². The van der Waals surface area contributed by atoms with Gasteiger partial charge in [0.15, 0.2) is 0 Å². The van der Waals surface area contributed by atoms with E-state index in [2.05, 4.69) is 13.0 Å². The summed E-state index contributed by atoms with van der Waals surface area (Å²) in [4.78, 5) is 1.18. The van der Waals surface area contributed by atoms with Crippen LogP contribution < -0.4 is 5.73 Å². The number of hydrogen-bond donors (Lipinski definition) is 1. The van der Waals surface area contributed by atoms with Crippen LogP contribution in [0.5, 0.6) is 0 Å². The topological polar surface area (TPSA) is 26.0 Å². The van der Waals surface area contributed by atoms with Crippen molar-refractivity contribution in [3.8, 4) is 0 Å². The van der Waals surface area contributed by atoms with Gasteiger partial charge >= 0.3 is 0 Å². The van der Waals surface area contributed by atoms with Crippen molar-refractivity contribution in [2.24, 2.45) is 5.73 Å². The first-order valence-corrected chi connectivity index (χ1v) is 5.15. The second kappa shape index (κ2) is 4.65. The smallest absolute Gasteiger partial charge is 0.0519 e. The first-order chi connectivity index (χ1) is 5.76. The van der Waals surface area contributed by atoms with Crippen LogP contribution in [-0.2, 0) is 0 Å². The van der Waals surface area contributed by atoms with Crippen LogP contribution in [0.4, 0.5) is 0 Å². The summed E-state index contributed by atoms with van der Waals surface area (Å²) in [6, 6.07) is 1.96. The molecule has 1 nitrogen and oxygen atoms in total. The van der Waals surface area contributed by atoms with Crippen LogP contribution in [0.25, 0.3) is 6.08 Å². The summed E-state index contributed by atoms with van der Waals surface area (Å²) >= 11 is 7.42. The summed E-state index contributed by atoms with van der Waals surface area (Å²) in [7, 11) is 0. The lowest BCUT2D eigenvalue weighted by molar-refractivity contribution is 1.02. The van der Waals surface area contributed by atoms with Gasteiger partial charge < -0.3 is 5.73 Å². The fourth-order valence-corrected chi connectivity index (χ4v) is 1.97. The van der Waals surface area contributed by atoms with Crippen LogP contribution in [0, 0.1) is 0 Å². The Morgan fingerprint density at radius 3 is 2.92 bits per heavy atom. The van der Waals surface area contributed by atoms with Gasteiger partial charge in [-0.2, -0.15) is 0 Å². The standard InChI is InChI=1S/C9H12ClNS/c1-2-7(5-11)3-9-4-8(10)6-12-9/h3-4,6H,2,5,11H2,1H3. The summed E-state index contributed by atoms with van der Waals surface area (Å²) in [5.74, 6) is 0. The Balaban J connectivity index is 2.78. The molecule has 1 heterocycles. The molecule has 0 unspecified atom stereocenters. The highest BCUT2D eigenvalue weighted by Crippen LogP contribution is 2.21. The van der Waals surface area contributed by atoms with Crippen LogP contribution in [0.1, 0.15) is 18.2 Å². The third-order valence-electron chi connectivity index (χ3n) is 1.65. The van der Waals surface area contributed by atoms with E-state index in [9.17, 15) is 0 Å². The van der Waals surface area contributed by atoms with Crippen LogP contribution in [-0.4, -0.2) is 6.54 Å². The van der Waals surface area contributed by atoms with Crippen molar-refractivity contribution in [2.45, 2.75) is 13.3 Å². The number of thiophene rings is 1. The molecule has 0 amide bonds. The van der Waals surface area contributed by atoms with E-state index in [1.807, 2.05) is 11.4 Å². The molecule has 0 aliphatic rings. The van der Waals surface area contributed by atoms with Gasteiger partial charge in [-0.1, -0.05) is 24.1 Å². The maximum atomic E-state index is 5.78. The van der Waals surface area contributed by atoms with E-state index < -0.39 is 0 Å². The summed E-state index contributed by atoms with van der Waals surface area (Å²) in [6.07, 6.45) is 3.11. The van der Waals surface area contributed by atoms with Gasteiger partial charge in [-0.05, 0) is 18.6 Å². The molecule has 0 aliphatic heterocycles. The Labute approximate surface area is 81.9 Å². The monoisotopic (exact) mass is 201 g/mol. The molecule has 0 saturated carbocycles. The van der Waals surface area contributed by atoms with Crippen molar-refractivity contribution < 1.29 is 0 Å². The lowest BCUT2D eigenvalue weighted by Crippen LogP contribution is -2.01. The number of halogens is 1. The number of rotatable bonds is 3. The Hall–Kier alpha value is -0.310. The Morgan fingerprint density at radius 2 is 2.50 bits per heavy atom. The van der Waals surface area contributed by atoms with Gasteiger partial charge in [0.1, 0.15) is 0 Å². The molecule has 0 aliphatic carbocycles. The highest BCUT2D eigenvalue weighted by atomic mass is 35.5. The quantitative estimate of drug-likeness (QED) is 0.799. The summed E-state index contributed by atoms with van der Waals surface area (Å²) < 4.78 is 0. The summed E-state index contributed by atoms with van der Waals surface area (Å²) in [5.41, 5.74) is 6.80. The van der Waals surface area contributed by atoms with Crippen molar-refractivity contribution in [3.63, 3.8) is 0 Å². The van der Waals surface area contributed by atoms with Crippen LogP contribution in [0.15, 0.2) is 17.0 Å². The average Bonchev–Trinajstić information content (AvgIpc) is 2.47. The average molecular weight is 202 g/mol. The van der Waals surface area contributed by atoms with E-state index in [-0.39, 0.29) is 0 Å². The lowest BCUT2D eigenvalue weighted by Gasteiger charge is -1.96. The maximum absolute atomic E-state index is 5.78. The number of nitrogens with two attached hydrogens (primary N) is 1.